The average molecular weight is 328 g/mol. The van der Waals surface area contributed by atoms with Crippen molar-refractivity contribution in [2.45, 2.75) is 30.1 Å². The lowest BCUT2D eigenvalue weighted by atomic mass is 10.1. The van der Waals surface area contributed by atoms with E-state index in [1.807, 2.05) is 0 Å². The highest BCUT2D eigenvalue weighted by molar-refractivity contribution is 9.09. The van der Waals surface area contributed by atoms with Gasteiger partial charge in [0.15, 0.2) is 11.5 Å². The maximum atomic E-state index is 12.3. The lowest BCUT2D eigenvalue weighted by Crippen LogP contribution is -2.37. The van der Waals surface area contributed by atoms with E-state index in [-0.39, 0.29) is 11.9 Å². The van der Waals surface area contributed by atoms with E-state index < -0.39 is 0 Å². The van der Waals surface area contributed by atoms with Crippen molar-refractivity contribution in [1.29, 1.82) is 0 Å². The molecular formula is C14H18BrNO3. The summed E-state index contributed by atoms with van der Waals surface area (Å²) in [6, 6.07) is 5.49. The van der Waals surface area contributed by atoms with Gasteiger partial charge >= 0.3 is 0 Å². The van der Waals surface area contributed by atoms with Crippen molar-refractivity contribution in [1.82, 2.24) is 5.32 Å². The fraction of sp³-hybridized carbons (Fsp3) is 0.500. The Kier molecular flexibility index (Phi) is 4.69. The number of rotatable bonds is 4. The molecule has 104 valence electrons. The Labute approximate surface area is 121 Å². The van der Waals surface area contributed by atoms with E-state index in [1.165, 1.54) is 7.11 Å². The number of hydrogen-bond donors (Lipinski definition) is 1. The summed E-state index contributed by atoms with van der Waals surface area (Å²) in [6.45, 7) is 0. The molecule has 4 nitrogen and oxygen atoms in total. The van der Waals surface area contributed by atoms with Crippen LogP contribution in [0.2, 0.25) is 0 Å². The van der Waals surface area contributed by atoms with Crippen LogP contribution in [0.25, 0.3) is 0 Å². The Morgan fingerprint density at radius 2 is 2.11 bits per heavy atom. The van der Waals surface area contributed by atoms with Crippen LogP contribution in [0.1, 0.15) is 29.6 Å². The van der Waals surface area contributed by atoms with Crippen LogP contribution in [0.4, 0.5) is 0 Å². The third-order valence-electron chi connectivity index (χ3n) is 3.40. The number of halogens is 1. The van der Waals surface area contributed by atoms with Crippen LogP contribution >= 0.6 is 15.9 Å². The van der Waals surface area contributed by atoms with E-state index in [9.17, 15) is 4.79 Å². The van der Waals surface area contributed by atoms with Crippen molar-refractivity contribution in [3.63, 3.8) is 0 Å². The highest BCUT2D eigenvalue weighted by Crippen LogP contribution is 2.31. The van der Waals surface area contributed by atoms with E-state index in [0.29, 0.717) is 21.9 Å². The van der Waals surface area contributed by atoms with Gasteiger partial charge in [0, 0.05) is 10.9 Å². The third-order valence-corrected chi connectivity index (χ3v) is 4.49. The maximum absolute atomic E-state index is 12.3. The summed E-state index contributed by atoms with van der Waals surface area (Å²) in [7, 11) is 3.10. The average Bonchev–Trinajstić information content (AvgIpc) is 2.83. The normalized spacial score (nSPS) is 22.1. The van der Waals surface area contributed by atoms with Crippen LogP contribution in [0, 0.1) is 0 Å². The van der Waals surface area contributed by atoms with Crippen LogP contribution < -0.4 is 14.8 Å². The minimum atomic E-state index is -0.118. The quantitative estimate of drug-likeness (QED) is 0.865. The van der Waals surface area contributed by atoms with Crippen LogP contribution in [-0.4, -0.2) is 31.0 Å². The topological polar surface area (TPSA) is 47.6 Å². The first kappa shape index (κ1) is 14.2. The van der Waals surface area contributed by atoms with Crippen molar-refractivity contribution < 1.29 is 14.3 Å². The number of carbonyl (C=O) groups is 1. The number of benzene rings is 1. The number of ether oxygens (including phenoxy) is 2. The van der Waals surface area contributed by atoms with Crippen molar-refractivity contribution in [3.8, 4) is 11.5 Å². The fourth-order valence-electron chi connectivity index (χ4n) is 2.39. The van der Waals surface area contributed by atoms with Crippen LogP contribution in [0.3, 0.4) is 0 Å². The first-order chi connectivity index (χ1) is 9.17. The molecule has 0 aromatic heterocycles. The molecule has 2 atom stereocenters. The van der Waals surface area contributed by atoms with Gasteiger partial charge in [-0.1, -0.05) is 28.4 Å². The molecule has 0 heterocycles. The lowest BCUT2D eigenvalue weighted by molar-refractivity contribution is 0.0935. The molecule has 1 aromatic carbocycles. The van der Waals surface area contributed by atoms with Gasteiger partial charge in [-0.25, -0.2) is 0 Å². The molecule has 0 saturated heterocycles. The number of alkyl halides is 1. The maximum Gasteiger partial charge on any atom is 0.255 e. The van der Waals surface area contributed by atoms with Crippen LogP contribution in [0.15, 0.2) is 18.2 Å². The Morgan fingerprint density at radius 3 is 2.68 bits per heavy atom. The highest BCUT2D eigenvalue weighted by Gasteiger charge is 2.27. The first-order valence-corrected chi connectivity index (χ1v) is 7.25. The van der Waals surface area contributed by atoms with Crippen molar-refractivity contribution in [2.24, 2.45) is 0 Å². The molecule has 0 spiro atoms. The summed E-state index contributed by atoms with van der Waals surface area (Å²) in [6.07, 6.45) is 3.24. The molecule has 0 bridgehead atoms. The molecule has 1 amide bonds. The highest BCUT2D eigenvalue weighted by atomic mass is 79.9. The summed E-state index contributed by atoms with van der Waals surface area (Å²) >= 11 is 3.60. The number of hydrogen-bond acceptors (Lipinski definition) is 3. The Morgan fingerprint density at radius 1 is 1.32 bits per heavy atom. The molecular weight excluding hydrogens is 310 g/mol. The molecule has 1 fully saturated rings. The van der Waals surface area contributed by atoms with E-state index in [1.54, 1.807) is 25.3 Å². The Balaban J connectivity index is 2.18. The first-order valence-electron chi connectivity index (χ1n) is 6.33. The number of para-hydroxylation sites is 1. The monoisotopic (exact) mass is 327 g/mol. The zero-order chi connectivity index (χ0) is 13.8. The molecule has 1 N–H and O–H groups in total. The van der Waals surface area contributed by atoms with E-state index >= 15 is 0 Å². The molecule has 1 saturated carbocycles. The van der Waals surface area contributed by atoms with E-state index in [0.717, 1.165) is 19.3 Å². The van der Waals surface area contributed by atoms with E-state index in [2.05, 4.69) is 21.2 Å². The van der Waals surface area contributed by atoms with E-state index in [4.69, 9.17) is 9.47 Å². The Bertz CT molecular complexity index is 464. The second-order valence-corrected chi connectivity index (χ2v) is 5.74. The van der Waals surface area contributed by atoms with Gasteiger partial charge < -0.3 is 14.8 Å². The molecule has 1 aliphatic carbocycles. The minimum Gasteiger partial charge on any atom is -0.493 e. The molecule has 5 heteroatoms. The summed E-state index contributed by atoms with van der Waals surface area (Å²) < 4.78 is 10.5. The zero-order valence-corrected chi connectivity index (χ0v) is 12.7. The van der Waals surface area contributed by atoms with Gasteiger partial charge in [0.1, 0.15) is 0 Å². The Hall–Kier alpha value is -1.23. The second kappa shape index (κ2) is 6.28. The SMILES string of the molecule is COc1cccc(C(=O)NC2CCCC2Br)c1OC. The smallest absolute Gasteiger partial charge is 0.255 e. The lowest BCUT2D eigenvalue weighted by Gasteiger charge is -2.18. The zero-order valence-electron chi connectivity index (χ0n) is 11.1. The third kappa shape index (κ3) is 3.03. The van der Waals surface area contributed by atoms with Gasteiger partial charge in [0.05, 0.1) is 19.8 Å². The summed E-state index contributed by atoms with van der Waals surface area (Å²) in [5.74, 6) is 0.927. The second-order valence-electron chi connectivity index (χ2n) is 4.57. The van der Waals surface area contributed by atoms with Crippen LogP contribution in [-0.2, 0) is 0 Å². The molecule has 0 radical (unpaired) electrons. The van der Waals surface area contributed by atoms with Crippen molar-refractivity contribution in [2.75, 3.05) is 14.2 Å². The number of carbonyl (C=O) groups excluding carboxylic acids is 1. The van der Waals surface area contributed by atoms with Gasteiger partial charge in [-0.05, 0) is 25.0 Å². The number of amides is 1. The molecule has 2 rings (SSSR count). The molecule has 1 aliphatic rings. The van der Waals surface area contributed by atoms with Gasteiger partial charge in [-0.2, -0.15) is 0 Å². The summed E-state index contributed by atoms with van der Waals surface area (Å²) in [4.78, 5) is 12.7. The predicted molar refractivity (Wildman–Crippen MR) is 77.4 cm³/mol. The molecule has 19 heavy (non-hydrogen) atoms. The fourth-order valence-corrected chi connectivity index (χ4v) is 3.11. The number of methoxy groups -OCH3 is 2. The minimum absolute atomic E-state index is 0.118. The molecule has 0 aliphatic heterocycles. The largest absolute Gasteiger partial charge is 0.493 e. The van der Waals surface area contributed by atoms with Gasteiger partial charge in [0.25, 0.3) is 5.91 Å². The van der Waals surface area contributed by atoms with Gasteiger partial charge in [0.2, 0.25) is 0 Å². The van der Waals surface area contributed by atoms with Crippen molar-refractivity contribution >= 4 is 21.8 Å². The standard InChI is InChI=1S/C14H18BrNO3/c1-18-12-8-3-5-9(13(12)19-2)14(17)16-11-7-4-6-10(11)15/h3,5,8,10-11H,4,6-7H2,1-2H3,(H,16,17). The predicted octanol–water partition coefficient (Wildman–Crippen LogP) is 2.75. The van der Waals surface area contributed by atoms with Crippen molar-refractivity contribution in [3.05, 3.63) is 23.8 Å². The summed E-state index contributed by atoms with van der Waals surface area (Å²) in [5.41, 5.74) is 0.508. The van der Waals surface area contributed by atoms with Crippen LogP contribution in [0.5, 0.6) is 11.5 Å². The van der Waals surface area contributed by atoms with Gasteiger partial charge in [-0.3, -0.25) is 4.79 Å². The number of nitrogens with one attached hydrogen (secondary N) is 1. The molecule has 1 aromatic rings. The molecule has 2 unspecified atom stereocenters. The van der Waals surface area contributed by atoms with Gasteiger partial charge in [-0.15, -0.1) is 0 Å². The summed E-state index contributed by atoms with van der Waals surface area (Å²) in [5, 5.41) is 3.05.